The molecule has 1 aliphatic heterocycles. The van der Waals surface area contributed by atoms with Crippen LogP contribution in [0.3, 0.4) is 0 Å². The van der Waals surface area contributed by atoms with Crippen LogP contribution >= 0.6 is 0 Å². The molecular weight excluding hydrogens is 188 g/mol. The fraction of sp³-hybridized carbons (Fsp3) is 0.545. The van der Waals surface area contributed by atoms with E-state index in [1.165, 1.54) is 0 Å². The Bertz CT molecular complexity index is 339. The Morgan fingerprint density at radius 3 is 2.93 bits per heavy atom. The zero-order valence-corrected chi connectivity index (χ0v) is 9.35. The van der Waals surface area contributed by atoms with E-state index < -0.39 is 0 Å². The average molecular weight is 206 g/mol. The van der Waals surface area contributed by atoms with Crippen LogP contribution in [-0.4, -0.2) is 42.6 Å². The zero-order chi connectivity index (χ0) is 10.8. The highest BCUT2D eigenvalue weighted by atomic mass is 15.3. The van der Waals surface area contributed by atoms with Crippen LogP contribution in [0.25, 0.3) is 0 Å². The van der Waals surface area contributed by atoms with Gasteiger partial charge in [0, 0.05) is 31.9 Å². The lowest BCUT2D eigenvalue weighted by Gasteiger charge is -2.39. The number of hydrogen-bond donors (Lipinski definition) is 1. The summed E-state index contributed by atoms with van der Waals surface area (Å²) >= 11 is 0. The summed E-state index contributed by atoms with van der Waals surface area (Å²) in [7, 11) is 2.16. The third-order valence-electron chi connectivity index (χ3n) is 3.12. The molecule has 2 N–H and O–H groups in total. The molecule has 0 amide bonds. The van der Waals surface area contributed by atoms with Gasteiger partial charge < -0.3 is 15.5 Å². The summed E-state index contributed by atoms with van der Waals surface area (Å²) in [5, 5.41) is 0. The minimum atomic E-state index is 0.568. The van der Waals surface area contributed by atoms with E-state index in [2.05, 4.69) is 28.8 Å². The zero-order valence-electron chi connectivity index (χ0n) is 9.35. The van der Waals surface area contributed by atoms with Crippen LogP contribution in [0.4, 0.5) is 11.5 Å². The molecule has 1 aromatic heterocycles. The standard InChI is InChI=1S/C11H18N4/c1-9-8-15(7-6-14(9)2)10-4-3-5-13-11(10)12/h3-5,9H,6-8H2,1-2H3,(H2,12,13). The van der Waals surface area contributed by atoms with Crippen molar-refractivity contribution in [3.8, 4) is 0 Å². The maximum atomic E-state index is 5.87. The third kappa shape index (κ3) is 2.04. The van der Waals surface area contributed by atoms with Crippen LogP contribution in [-0.2, 0) is 0 Å². The first-order valence-corrected chi connectivity index (χ1v) is 5.34. The quantitative estimate of drug-likeness (QED) is 0.738. The van der Waals surface area contributed by atoms with E-state index in [9.17, 15) is 0 Å². The summed E-state index contributed by atoms with van der Waals surface area (Å²) in [6, 6.07) is 4.55. The van der Waals surface area contributed by atoms with Crippen molar-refractivity contribution in [2.45, 2.75) is 13.0 Å². The molecule has 0 radical (unpaired) electrons. The molecule has 0 aromatic carbocycles. The van der Waals surface area contributed by atoms with Gasteiger partial charge in [0.15, 0.2) is 0 Å². The van der Waals surface area contributed by atoms with E-state index in [1.54, 1.807) is 6.20 Å². The highest BCUT2D eigenvalue weighted by molar-refractivity contribution is 5.63. The van der Waals surface area contributed by atoms with E-state index in [-0.39, 0.29) is 0 Å². The second-order valence-electron chi connectivity index (χ2n) is 4.18. The molecule has 0 aliphatic carbocycles. The molecule has 1 saturated heterocycles. The van der Waals surface area contributed by atoms with Gasteiger partial charge in [-0.05, 0) is 26.1 Å². The van der Waals surface area contributed by atoms with Crippen LogP contribution in [0.2, 0.25) is 0 Å². The molecule has 4 nitrogen and oxygen atoms in total. The van der Waals surface area contributed by atoms with Crippen molar-refractivity contribution in [2.24, 2.45) is 0 Å². The Labute approximate surface area is 90.7 Å². The minimum absolute atomic E-state index is 0.568. The number of nitrogens with two attached hydrogens (primary N) is 1. The smallest absolute Gasteiger partial charge is 0.146 e. The van der Waals surface area contributed by atoms with Crippen LogP contribution in [0, 0.1) is 0 Å². The molecule has 1 aliphatic rings. The van der Waals surface area contributed by atoms with E-state index >= 15 is 0 Å². The number of nitrogens with zero attached hydrogens (tertiary/aromatic N) is 3. The van der Waals surface area contributed by atoms with Crippen molar-refractivity contribution in [3.05, 3.63) is 18.3 Å². The van der Waals surface area contributed by atoms with Gasteiger partial charge in [0.25, 0.3) is 0 Å². The molecule has 1 fully saturated rings. The van der Waals surface area contributed by atoms with Crippen molar-refractivity contribution in [3.63, 3.8) is 0 Å². The number of nitrogen functional groups attached to an aromatic ring is 1. The maximum absolute atomic E-state index is 5.87. The fourth-order valence-electron chi connectivity index (χ4n) is 1.94. The summed E-state index contributed by atoms with van der Waals surface area (Å²) in [4.78, 5) is 8.80. The summed E-state index contributed by atoms with van der Waals surface area (Å²) in [5.74, 6) is 0.634. The van der Waals surface area contributed by atoms with Gasteiger partial charge in [-0.3, -0.25) is 0 Å². The maximum Gasteiger partial charge on any atom is 0.146 e. The van der Waals surface area contributed by atoms with Crippen LogP contribution < -0.4 is 10.6 Å². The van der Waals surface area contributed by atoms with Crippen LogP contribution in [0.5, 0.6) is 0 Å². The van der Waals surface area contributed by atoms with Gasteiger partial charge >= 0.3 is 0 Å². The van der Waals surface area contributed by atoms with Gasteiger partial charge in [-0.25, -0.2) is 4.98 Å². The molecule has 0 bridgehead atoms. The Hall–Kier alpha value is -1.29. The van der Waals surface area contributed by atoms with E-state index in [4.69, 9.17) is 5.73 Å². The SMILES string of the molecule is CC1CN(c2cccnc2N)CCN1C. The number of aromatic nitrogens is 1. The molecule has 1 atom stereocenters. The van der Waals surface area contributed by atoms with Crippen molar-refractivity contribution in [2.75, 3.05) is 37.3 Å². The van der Waals surface area contributed by atoms with Crippen LogP contribution in [0.15, 0.2) is 18.3 Å². The summed E-state index contributed by atoms with van der Waals surface area (Å²) in [5.41, 5.74) is 6.93. The molecule has 82 valence electrons. The molecular formula is C11H18N4. The highest BCUT2D eigenvalue weighted by Crippen LogP contribution is 2.22. The second kappa shape index (κ2) is 4.06. The lowest BCUT2D eigenvalue weighted by atomic mass is 10.2. The molecule has 4 heteroatoms. The number of likely N-dealkylation sites (N-methyl/N-ethyl adjacent to an activating group) is 1. The van der Waals surface area contributed by atoms with Crippen LogP contribution in [0.1, 0.15) is 6.92 Å². The molecule has 0 spiro atoms. The van der Waals surface area contributed by atoms with Crippen molar-refractivity contribution >= 4 is 11.5 Å². The first-order valence-electron chi connectivity index (χ1n) is 5.34. The molecule has 1 aromatic rings. The second-order valence-corrected chi connectivity index (χ2v) is 4.18. The Kier molecular flexibility index (Phi) is 2.77. The van der Waals surface area contributed by atoms with Crippen molar-refractivity contribution in [1.82, 2.24) is 9.88 Å². The monoisotopic (exact) mass is 206 g/mol. The van der Waals surface area contributed by atoms with Gasteiger partial charge in [-0.15, -0.1) is 0 Å². The molecule has 0 saturated carbocycles. The summed E-state index contributed by atoms with van der Waals surface area (Å²) in [6.07, 6.45) is 1.73. The Morgan fingerprint density at radius 2 is 2.27 bits per heavy atom. The number of rotatable bonds is 1. The van der Waals surface area contributed by atoms with Gasteiger partial charge in [-0.2, -0.15) is 0 Å². The topological polar surface area (TPSA) is 45.4 Å². The molecule has 2 heterocycles. The predicted molar refractivity (Wildman–Crippen MR) is 63.0 cm³/mol. The number of pyridine rings is 1. The normalized spacial score (nSPS) is 23.1. The summed E-state index contributed by atoms with van der Waals surface area (Å²) in [6.45, 7) is 5.36. The van der Waals surface area contributed by atoms with E-state index in [0.717, 1.165) is 25.3 Å². The van der Waals surface area contributed by atoms with Gasteiger partial charge in [-0.1, -0.05) is 0 Å². The van der Waals surface area contributed by atoms with Gasteiger partial charge in [0.05, 0.1) is 5.69 Å². The lowest BCUT2D eigenvalue weighted by Crippen LogP contribution is -2.50. The highest BCUT2D eigenvalue weighted by Gasteiger charge is 2.21. The fourth-order valence-corrected chi connectivity index (χ4v) is 1.94. The first-order chi connectivity index (χ1) is 7.18. The number of piperazine rings is 1. The number of hydrogen-bond acceptors (Lipinski definition) is 4. The van der Waals surface area contributed by atoms with Gasteiger partial charge in [0.1, 0.15) is 5.82 Å². The first kappa shape index (κ1) is 10.2. The lowest BCUT2D eigenvalue weighted by molar-refractivity contribution is 0.234. The van der Waals surface area contributed by atoms with E-state index in [0.29, 0.717) is 11.9 Å². The minimum Gasteiger partial charge on any atom is -0.382 e. The van der Waals surface area contributed by atoms with E-state index in [1.807, 2.05) is 12.1 Å². The van der Waals surface area contributed by atoms with Gasteiger partial charge in [0.2, 0.25) is 0 Å². The van der Waals surface area contributed by atoms with Crippen molar-refractivity contribution in [1.29, 1.82) is 0 Å². The largest absolute Gasteiger partial charge is 0.382 e. The van der Waals surface area contributed by atoms with Crippen molar-refractivity contribution < 1.29 is 0 Å². The summed E-state index contributed by atoms with van der Waals surface area (Å²) < 4.78 is 0. The third-order valence-corrected chi connectivity index (χ3v) is 3.12. The average Bonchev–Trinajstić information content (AvgIpc) is 2.23. The Morgan fingerprint density at radius 1 is 1.47 bits per heavy atom. The molecule has 2 rings (SSSR count). The molecule has 1 unspecified atom stereocenters. The predicted octanol–water partition coefficient (Wildman–Crippen LogP) is 0.804. The number of anilines is 2. The Balaban J connectivity index is 2.15. The molecule has 15 heavy (non-hydrogen) atoms.